The van der Waals surface area contributed by atoms with Gasteiger partial charge in [0.05, 0.1) is 0 Å². The molecule has 3 N–H and O–H groups in total. The summed E-state index contributed by atoms with van der Waals surface area (Å²) in [6.07, 6.45) is 0. The predicted octanol–water partition coefficient (Wildman–Crippen LogP) is 1.85. The largest absolute Gasteiger partial charge is 0.344 e. The second kappa shape index (κ2) is 69.1. The van der Waals surface area contributed by atoms with E-state index in [1.165, 1.54) is 0 Å². The molecule has 0 aliphatic rings. The summed E-state index contributed by atoms with van der Waals surface area (Å²) in [5.74, 6) is 0. The first-order valence-electron chi connectivity index (χ1n) is 0. The molecule has 0 aliphatic carbocycles. The summed E-state index contributed by atoms with van der Waals surface area (Å²) in [7, 11) is 0. The standard InChI is InChI=1S/4ClH.H3N.Ti/h4*1H;1H3;. The Morgan fingerprint density at radius 3 is 0.500 bits per heavy atom. The van der Waals surface area contributed by atoms with Crippen molar-refractivity contribution in [3.8, 4) is 0 Å². The van der Waals surface area contributed by atoms with Gasteiger partial charge >= 0.3 is 0 Å². The van der Waals surface area contributed by atoms with Crippen LogP contribution in [0.4, 0.5) is 0 Å². The zero-order chi connectivity index (χ0) is 0. The van der Waals surface area contributed by atoms with Gasteiger partial charge in [-0.25, -0.2) is 0 Å². The Hall–Kier alpha value is 1.83. The van der Waals surface area contributed by atoms with Crippen molar-refractivity contribution < 1.29 is 21.7 Å². The van der Waals surface area contributed by atoms with Crippen molar-refractivity contribution in [3.05, 3.63) is 0 Å². The van der Waals surface area contributed by atoms with Gasteiger partial charge in [-0.2, -0.15) is 0 Å². The maximum atomic E-state index is 0. The van der Waals surface area contributed by atoms with Crippen LogP contribution in [0.3, 0.4) is 0 Å². The molecular formula is H7Cl4NTi. The molecule has 0 radical (unpaired) electrons. The van der Waals surface area contributed by atoms with Crippen molar-refractivity contribution in [1.29, 1.82) is 0 Å². The molecule has 44 valence electrons. The molecule has 0 saturated heterocycles. The van der Waals surface area contributed by atoms with Crippen LogP contribution in [-0.4, -0.2) is 0 Å². The zero-order valence-electron chi connectivity index (χ0n) is 2.84. The van der Waals surface area contributed by atoms with Gasteiger partial charge in [0.15, 0.2) is 0 Å². The van der Waals surface area contributed by atoms with E-state index in [2.05, 4.69) is 0 Å². The second-order valence-corrected chi connectivity index (χ2v) is 0. The van der Waals surface area contributed by atoms with E-state index in [4.69, 9.17) is 0 Å². The van der Waals surface area contributed by atoms with E-state index < -0.39 is 0 Å². The molecule has 6 heavy (non-hydrogen) atoms. The molecule has 1 nitrogen and oxygen atoms in total. The van der Waals surface area contributed by atoms with Crippen molar-refractivity contribution in [1.82, 2.24) is 6.15 Å². The molecule has 0 bridgehead atoms. The fraction of sp³-hybridized carbons (Fsp3) is 0. The smallest absolute Gasteiger partial charge is 0 e. The van der Waals surface area contributed by atoms with Gasteiger partial charge in [0.1, 0.15) is 0 Å². The fourth-order valence-corrected chi connectivity index (χ4v) is 0. The van der Waals surface area contributed by atoms with Gasteiger partial charge in [0.25, 0.3) is 0 Å². The maximum absolute atomic E-state index is 0. The van der Waals surface area contributed by atoms with E-state index in [9.17, 15) is 0 Å². The Labute approximate surface area is 77.1 Å². The Morgan fingerprint density at radius 1 is 0.500 bits per heavy atom. The van der Waals surface area contributed by atoms with E-state index in [-0.39, 0.29) is 77.5 Å². The van der Waals surface area contributed by atoms with Crippen LogP contribution >= 0.6 is 49.6 Å². The molecule has 0 aromatic heterocycles. The summed E-state index contributed by atoms with van der Waals surface area (Å²) >= 11 is 0. The van der Waals surface area contributed by atoms with Gasteiger partial charge in [0.2, 0.25) is 0 Å². The molecule has 0 aromatic carbocycles. The number of hydrogen-bond donors (Lipinski definition) is 1. The van der Waals surface area contributed by atoms with Crippen LogP contribution in [0, 0.1) is 0 Å². The zero-order valence-corrected chi connectivity index (χ0v) is 7.67. The quantitative estimate of drug-likeness (QED) is 0.609. The van der Waals surface area contributed by atoms with Crippen LogP contribution in [0.1, 0.15) is 0 Å². The summed E-state index contributed by atoms with van der Waals surface area (Å²) in [5, 5.41) is 0. The first kappa shape index (κ1) is 109. The van der Waals surface area contributed by atoms with Crippen LogP contribution in [0.5, 0.6) is 0 Å². The summed E-state index contributed by atoms with van der Waals surface area (Å²) in [6.45, 7) is 0. The van der Waals surface area contributed by atoms with Crippen molar-refractivity contribution in [2.75, 3.05) is 0 Å². The van der Waals surface area contributed by atoms with E-state index in [0.29, 0.717) is 0 Å². The minimum absolute atomic E-state index is 0. The summed E-state index contributed by atoms with van der Waals surface area (Å²) in [5.41, 5.74) is 0. The molecule has 0 unspecified atom stereocenters. The van der Waals surface area contributed by atoms with E-state index in [1.807, 2.05) is 0 Å². The van der Waals surface area contributed by atoms with E-state index in [1.54, 1.807) is 0 Å². The van der Waals surface area contributed by atoms with Crippen molar-refractivity contribution >= 4 is 49.6 Å². The Bertz CT molecular complexity index is 7.51. The van der Waals surface area contributed by atoms with Crippen molar-refractivity contribution in [2.24, 2.45) is 0 Å². The van der Waals surface area contributed by atoms with Crippen LogP contribution in [0.2, 0.25) is 0 Å². The van der Waals surface area contributed by atoms with Crippen molar-refractivity contribution in [2.45, 2.75) is 0 Å². The molecule has 0 rings (SSSR count). The van der Waals surface area contributed by atoms with E-state index >= 15 is 0 Å². The predicted molar refractivity (Wildman–Crippen MR) is 34.0 cm³/mol. The van der Waals surface area contributed by atoms with Gasteiger partial charge in [0, 0.05) is 21.7 Å². The normalized spacial score (nSPS) is 0. The average Bonchev–Trinajstić information content (AvgIpc) is 0. The molecule has 0 spiro atoms. The van der Waals surface area contributed by atoms with Gasteiger partial charge in [-0.3, -0.25) is 0 Å². The Kier molecular flexibility index (Phi) is 1250. The first-order chi connectivity index (χ1) is 0. The summed E-state index contributed by atoms with van der Waals surface area (Å²) in [6, 6.07) is 0. The molecule has 0 fully saturated rings. The minimum atomic E-state index is 0. The second-order valence-electron chi connectivity index (χ2n) is 0. The van der Waals surface area contributed by atoms with Crippen molar-refractivity contribution in [3.63, 3.8) is 0 Å². The van der Waals surface area contributed by atoms with Crippen LogP contribution in [-0.2, 0) is 21.7 Å². The number of hydrogen-bond acceptors (Lipinski definition) is 1. The van der Waals surface area contributed by atoms with Crippen LogP contribution in [0.15, 0.2) is 0 Å². The van der Waals surface area contributed by atoms with Crippen LogP contribution in [0.25, 0.3) is 0 Å². The minimum Gasteiger partial charge on any atom is -0.344 e. The van der Waals surface area contributed by atoms with Crippen LogP contribution < -0.4 is 6.15 Å². The van der Waals surface area contributed by atoms with Gasteiger partial charge in [-0.1, -0.05) is 0 Å². The fourth-order valence-electron chi connectivity index (χ4n) is 0. The maximum Gasteiger partial charge on any atom is 0 e. The van der Waals surface area contributed by atoms with E-state index in [0.717, 1.165) is 0 Å². The first-order valence-corrected chi connectivity index (χ1v) is 0. The molecule has 0 amide bonds. The van der Waals surface area contributed by atoms with Gasteiger partial charge in [-0.15, -0.1) is 49.6 Å². The Morgan fingerprint density at radius 2 is 0.500 bits per heavy atom. The monoisotopic (exact) mass is 209 g/mol. The third-order valence-electron chi connectivity index (χ3n) is 0. The van der Waals surface area contributed by atoms with Gasteiger partial charge < -0.3 is 6.15 Å². The van der Waals surface area contributed by atoms with Gasteiger partial charge in [-0.05, 0) is 0 Å². The summed E-state index contributed by atoms with van der Waals surface area (Å²) < 4.78 is 0. The Balaban J connectivity index is 0. The molecule has 0 atom stereocenters. The molecular weight excluding hydrogens is 204 g/mol. The molecule has 0 aliphatic heterocycles. The number of halogens is 4. The molecule has 6 heteroatoms. The SMILES string of the molecule is Cl.Cl.Cl.Cl.N.[Ti]. The molecule has 0 aromatic rings. The topological polar surface area (TPSA) is 35.0 Å². The molecule has 0 heterocycles. The molecule has 0 saturated carbocycles. The average molecular weight is 211 g/mol. The number of rotatable bonds is 0. The summed E-state index contributed by atoms with van der Waals surface area (Å²) in [4.78, 5) is 0. The third kappa shape index (κ3) is 40.5. The third-order valence-corrected chi connectivity index (χ3v) is 0.